The summed E-state index contributed by atoms with van der Waals surface area (Å²) >= 11 is 7.78. The topological polar surface area (TPSA) is 55.9 Å². The number of nitrogens with one attached hydrogen (secondary N) is 1. The van der Waals surface area contributed by atoms with E-state index < -0.39 is 0 Å². The number of nitrogens with zero attached hydrogens (tertiary/aromatic N) is 2. The van der Waals surface area contributed by atoms with Gasteiger partial charge in [0.2, 0.25) is 0 Å². The molecule has 3 N–H and O–H groups in total. The second-order valence-corrected chi connectivity index (χ2v) is 5.32. The van der Waals surface area contributed by atoms with Crippen molar-refractivity contribution in [2.45, 2.75) is 32.9 Å². The lowest BCUT2D eigenvalue weighted by Crippen LogP contribution is -2.30. The molecule has 0 fully saturated rings. The fourth-order valence-corrected chi connectivity index (χ4v) is 3.19. The quantitative estimate of drug-likeness (QED) is 0.656. The third-order valence-electron chi connectivity index (χ3n) is 2.89. The van der Waals surface area contributed by atoms with Gasteiger partial charge in [-0.25, -0.2) is 5.43 Å². The number of aryl methyl sites for hydroxylation is 2. The Morgan fingerprint density at radius 3 is 2.83 bits per heavy atom. The molecule has 0 amide bonds. The SMILES string of the molecule is CCc1cc(C(NN)c2sccc2Cl)n(CC)n1. The van der Waals surface area contributed by atoms with Crippen molar-refractivity contribution in [3.05, 3.63) is 38.8 Å². The molecule has 0 aliphatic carbocycles. The normalized spacial score (nSPS) is 12.9. The molecule has 4 nitrogen and oxygen atoms in total. The predicted octanol–water partition coefficient (Wildman–Crippen LogP) is 2.73. The van der Waals surface area contributed by atoms with Crippen molar-refractivity contribution in [3.63, 3.8) is 0 Å². The van der Waals surface area contributed by atoms with Crippen LogP contribution in [0.25, 0.3) is 0 Å². The first-order valence-corrected chi connectivity index (χ1v) is 7.22. The molecular weight excluding hydrogens is 268 g/mol. The summed E-state index contributed by atoms with van der Waals surface area (Å²) in [4.78, 5) is 1.02. The molecule has 0 aliphatic heterocycles. The van der Waals surface area contributed by atoms with Gasteiger partial charge >= 0.3 is 0 Å². The van der Waals surface area contributed by atoms with Crippen molar-refractivity contribution in [2.75, 3.05) is 0 Å². The van der Waals surface area contributed by atoms with Crippen molar-refractivity contribution in [1.82, 2.24) is 15.2 Å². The molecule has 0 saturated carbocycles. The van der Waals surface area contributed by atoms with Crippen molar-refractivity contribution in [3.8, 4) is 0 Å². The average Bonchev–Trinajstić information content (AvgIpc) is 2.98. The second-order valence-electron chi connectivity index (χ2n) is 3.96. The fourth-order valence-electron chi connectivity index (χ4n) is 1.95. The smallest absolute Gasteiger partial charge is 0.0985 e. The van der Waals surface area contributed by atoms with Crippen LogP contribution >= 0.6 is 22.9 Å². The van der Waals surface area contributed by atoms with E-state index in [1.165, 1.54) is 0 Å². The number of nitrogens with two attached hydrogens (primary N) is 1. The standard InChI is InChI=1S/C12H17ClN4S/c1-3-8-7-10(17(4-2)16-8)11(15-14)12-9(13)5-6-18-12/h5-7,11,15H,3-4,14H2,1-2H3. The molecule has 2 rings (SSSR count). The lowest BCUT2D eigenvalue weighted by atomic mass is 10.1. The maximum Gasteiger partial charge on any atom is 0.0985 e. The van der Waals surface area contributed by atoms with Crippen LogP contribution in [0.2, 0.25) is 5.02 Å². The number of halogens is 1. The number of hydrogen-bond acceptors (Lipinski definition) is 4. The molecule has 2 heterocycles. The lowest BCUT2D eigenvalue weighted by molar-refractivity contribution is 0.546. The summed E-state index contributed by atoms with van der Waals surface area (Å²) in [5.41, 5.74) is 4.96. The van der Waals surface area contributed by atoms with Crippen LogP contribution in [-0.2, 0) is 13.0 Å². The van der Waals surface area contributed by atoms with E-state index in [1.54, 1.807) is 11.3 Å². The van der Waals surface area contributed by atoms with Gasteiger partial charge in [-0.3, -0.25) is 10.5 Å². The van der Waals surface area contributed by atoms with Gasteiger partial charge in [0.1, 0.15) is 0 Å². The van der Waals surface area contributed by atoms with Crippen LogP contribution in [0.4, 0.5) is 0 Å². The van der Waals surface area contributed by atoms with Gasteiger partial charge in [0, 0.05) is 11.4 Å². The summed E-state index contributed by atoms with van der Waals surface area (Å²) in [6.07, 6.45) is 0.912. The van der Waals surface area contributed by atoms with Crippen molar-refractivity contribution in [1.29, 1.82) is 0 Å². The Hall–Kier alpha value is -0.880. The summed E-state index contributed by atoms with van der Waals surface area (Å²) in [6, 6.07) is 3.87. The minimum atomic E-state index is -0.106. The van der Waals surface area contributed by atoms with Crippen LogP contribution in [0.15, 0.2) is 17.5 Å². The fraction of sp³-hybridized carbons (Fsp3) is 0.417. The summed E-state index contributed by atoms with van der Waals surface area (Å²) in [6.45, 7) is 4.98. The van der Waals surface area contributed by atoms with Gasteiger partial charge in [0.15, 0.2) is 0 Å². The molecule has 2 aromatic rings. The van der Waals surface area contributed by atoms with Crippen LogP contribution in [0.5, 0.6) is 0 Å². The Balaban J connectivity index is 2.44. The van der Waals surface area contributed by atoms with E-state index in [0.717, 1.165) is 34.3 Å². The Morgan fingerprint density at radius 2 is 2.33 bits per heavy atom. The Kier molecular flexibility index (Phi) is 4.40. The minimum Gasteiger partial charge on any atom is -0.270 e. The van der Waals surface area contributed by atoms with Gasteiger partial charge in [-0.05, 0) is 30.9 Å². The van der Waals surface area contributed by atoms with Crippen molar-refractivity contribution >= 4 is 22.9 Å². The van der Waals surface area contributed by atoms with E-state index in [4.69, 9.17) is 17.4 Å². The van der Waals surface area contributed by atoms with Gasteiger partial charge < -0.3 is 0 Å². The lowest BCUT2D eigenvalue weighted by Gasteiger charge is -2.16. The third-order valence-corrected chi connectivity index (χ3v) is 4.32. The van der Waals surface area contributed by atoms with E-state index >= 15 is 0 Å². The third kappa shape index (κ3) is 2.44. The number of thiophene rings is 1. The van der Waals surface area contributed by atoms with Crippen LogP contribution < -0.4 is 11.3 Å². The molecule has 0 radical (unpaired) electrons. The van der Waals surface area contributed by atoms with E-state index in [1.807, 2.05) is 16.1 Å². The molecule has 1 atom stereocenters. The molecule has 0 spiro atoms. The first kappa shape index (κ1) is 13.5. The highest BCUT2D eigenvalue weighted by Gasteiger charge is 2.21. The molecule has 1 unspecified atom stereocenters. The van der Waals surface area contributed by atoms with Gasteiger partial charge in [0.05, 0.1) is 22.5 Å². The molecule has 18 heavy (non-hydrogen) atoms. The largest absolute Gasteiger partial charge is 0.270 e. The minimum absolute atomic E-state index is 0.106. The monoisotopic (exact) mass is 284 g/mol. The molecule has 98 valence electrons. The Labute approximate surface area is 116 Å². The highest BCUT2D eigenvalue weighted by atomic mass is 35.5. The Morgan fingerprint density at radius 1 is 1.56 bits per heavy atom. The van der Waals surface area contributed by atoms with Crippen molar-refractivity contribution < 1.29 is 0 Å². The summed E-state index contributed by atoms with van der Waals surface area (Å²) in [5.74, 6) is 5.70. The molecule has 0 saturated heterocycles. The van der Waals surface area contributed by atoms with Crippen LogP contribution in [0.3, 0.4) is 0 Å². The summed E-state index contributed by atoms with van der Waals surface area (Å²) in [5, 5.41) is 7.25. The van der Waals surface area contributed by atoms with E-state index in [9.17, 15) is 0 Å². The molecule has 0 aromatic carbocycles. The first-order chi connectivity index (χ1) is 8.71. The predicted molar refractivity (Wildman–Crippen MR) is 75.8 cm³/mol. The zero-order chi connectivity index (χ0) is 13.1. The average molecular weight is 285 g/mol. The molecule has 2 aromatic heterocycles. The summed E-state index contributed by atoms with van der Waals surface area (Å²) < 4.78 is 1.97. The first-order valence-electron chi connectivity index (χ1n) is 5.96. The number of hydrazine groups is 1. The molecular formula is C12H17ClN4S. The number of aromatic nitrogens is 2. The number of hydrogen-bond donors (Lipinski definition) is 2. The highest BCUT2D eigenvalue weighted by molar-refractivity contribution is 7.10. The van der Waals surface area contributed by atoms with E-state index in [2.05, 4.69) is 30.4 Å². The highest BCUT2D eigenvalue weighted by Crippen LogP contribution is 2.32. The van der Waals surface area contributed by atoms with E-state index in [-0.39, 0.29) is 6.04 Å². The van der Waals surface area contributed by atoms with Crippen LogP contribution in [-0.4, -0.2) is 9.78 Å². The van der Waals surface area contributed by atoms with Gasteiger partial charge in [-0.1, -0.05) is 18.5 Å². The van der Waals surface area contributed by atoms with Gasteiger partial charge in [-0.2, -0.15) is 5.10 Å². The molecule has 0 bridgehead atoms. The maximum absolute atomic E-state index is 6.18. The summed E-state index contributed by atoms with van der Waals surface area (Å²) in [7, 11) is 0. The van der Waals surface area contributed by atoms with Gasteiger partial charge in [0.25, 0.3) is 0 Å². The molecule has 0 aliphatic rings. The second kappa shape index (κ2) is 5.84. The zero-order valence-electron chi connectivity index (χ0n) is 10.5. The zero-order valence-corrected chi connectivity index (χ0v) is 12.1. The van der Waals surface area contributed by atoms with Crippen LogP contribution in [0.1, 0.15) is 36.2 Å². The number of rotatable bonds is 5. The van der Waals surface area contributed by atoms with Crippen LogP contribution in [0, 0.1) is 0 Å². The molecule has 6 heteroatoms. The Bertz CT molecular complexity index is 520. The maximum atomic E-state index is 6.18. The van der Waals surface area contributed by atoms with Gasteiger partial charge in [-0.15, -0.1) is 11.3 Å². The van der Waals surface area contributed by atoms with E-state index in [0.29, 0.717) is 0 Å². The van der Waals surface area contributed by atoms with Crippen molar-refractivity contribution in [2.24, 2.45) is 5.84 Å².